The van der Waals surface area contributed by atoms with E-state index in [9.17, 15) is 4.39 Å². The summed E-state index contributed by atoms with van der Waals surface area (Å²) in [4.78, 5) is 0. The van der Waals surface area contributed by atoms with Gasteiger partial charge in [-0.3, -0.25) is 0 Å². The predicted octanol–water partition coefficient (Wildman–Crippen LogP) is 5.21. The van der Waals surface area contributed by atoms with Gasteiger partial charge in [0.2, 0.25) is 0 Å². The highest BCUT2D eigenvalue weighted by Gasteiger charge is 2.09. The molecule has 2 aromatic rings. The molecule has 2 rings (SSSR count). The molecule has 5 heteroatoms. The van der Waals surface area contributed by atoms with Crippen LogP contribution < -0.4 is 10.1 Å². The van der Waals surface area contributed by atoms with Gasteiger partial charge in [-0.25, -0.2) is 4.39 Å². The van der Waals surface area contributed by atoms with E-state index in [1.807, 2.05) is 26.1 Å². The highest BCUT2D eigenvalue weighted by Crippen LogP contribution is 2.32. The van der Waals surface area contributed by atoms with Crippen LogP contribution in [0.1, 0.15) is 18.5 Å². The van der Waals surface area contributed by atoms with Crippen LogP contribution in [-0.4, -0.2) is 7.05 Å². The largest absolute Gasteiger partial charge is 0.456 e. The smallest absolute Gasteiger partial charge is 0.146 e. The molecule has 106 valence electrons. The third-order valence-corrected chi connectivity index (χ3v) is 3.61. The van der Waals surface area contributed by atoms with Crippen LogP contribution in [0.15, 0.2) is 36.4 Å². The first kappa shape index (κ1) is 15.1. The fourth-order valence-corrected chi connectivity index (χ4v) is 2.05. The van der Waals surface area contributed by atoms with Crippen molar-refractivity contribution in [2.24, 2.45) is 0 Å². The summed E-state index contributed by atoms with van der Waals surface area (Å²) in [6, 6.07) is 9.94. The van der Waals surface area contributed by atoms with Crippen molar-refractivity contribution in [3.05, 3.63) is 57.8 Å². The van der Waals surface area contributed by atoms with E-state index in [-0.39, 0.29) is 11.1 Å². The number of benzene rings is 2. The van der Waals surface area contributed by atoms with Crippen LogP contribution in [0.5, 0.6) is 11.5 Å². The number of hydrogen-bond donors (Lipinski definition) is 1. The summed E-state index contributed by atoms with van der Waals surface area (Å²) in [5.41, 5.74) is 1.05. The van der Waals surface area contributed by atoms with Gasteiger partial charge in [-0.2, -0.15) is 0 Å². The Morgan fingerprint density at radius 3 is 2.45 bits per heavy atom. The molecule has 20 heavy (non-hydrogen) atoms. The zero-order chi connectivity index (χ0) is 14.7. The second-order valence-electron chi connectivity index (χ2n) is 4.38. The van der Waals surface area contributed by atoms with Crippen molar-refractivity contribution in [1.29, 1.82) is 0 Å². The maximum atomic E-state index is 13.3. The van der Waals surface area contributed by atoms with Crippen molar-refractivity contribution < 1.29 is 9.13 Å². The van der Waals surface area contributed by atoms with Crippen molar-refractivity contribution in [2.45, 2.75) is 13.0 Å². The molecule has 0 saturated carbocycles. The van der Waals surface area contributed by atoms with E-state index in [4.69, 9.17) is 27.9 Å². The second kappa shape index (κ2) is 6.44. The third-order valence-electron chi connectivity index (χ3n) is 3.01. The Labute approximate surface area is 127 Å². The minimum Gasteiger partial charge on any atom is -0.456 e. The minimum atomic E-state index is -0.527. The molecule has 2 nitrogen and oxygen atoms in total. The fourth-order valence-electron chi connectivity index (χ4n) is 1.70. The summed E-state index contributed by atoms with van der Waals surface area (Å²) in [6.45, 7) is 2.03. The first-order valence-corrected chi connectivity index (χ1v) is 6.86. The van der Waals surface area contributed by atoms with Crippen LogP contribution in [0.4, 0.5) is 4.39 Å². The monoisotopic (exact) mass is 313 g/mol. The molecule has 0 aromatic heterocycles. The molecule has 2 aromatic carbocycles. The summed E-state index contributed by atoms with van der Waals surface area (Å²) in [7, 11) is 1.87. The first-order valence-electron chi connectivity index (χ1n) is 6.11. The topological polar surface area (TPSA) is 21.3 Å². The van der Waals surface area contributed by atoms with Gasteiger partial charge in [0.15, 0.2) is 0 Å². The van der Waals surface area contributed by atoms with Crippen molar-refractivity contribution in [1.82, 2.24) is 5.32 Å². The highest BCUT2D eigenvalue weighted by atomic mass is 35.5. The standard InChI is InChI=1S/C15H14Cl2FNO/c1-9(19-2)10-3-6-15(13(17)7-10)20-11-4-5-12(16)14(18)8-11/h3-9,19H,1-2H3. The molecule has 0 heterocycles. The number of rotatable bonds is 4. The molecule has 1 unspecified atom stereocenters. The number of halogens is 3. The lowest BCUT2D eigenvalue weighted by atomic mass is 10.1. The molecule has 0 aliphatic carbocycles. The van der Waals surface area contributed by atoms with Gasteiger partial charge in [0.25, 0.3) is 0 Å². The first-order chi connectivity index (χ1) is 9.51. The van der Waals surface area contributed by atoms with Crippen molar-refractivity contribution in [2.75, 3.05) is 7.05 Å². The molecule has 0 amide bonds. The zero-order valence-corrected chi connectivity index (χ0v) is 12.6. The van der Waals surface area contributed by atoms with Crippen LogP contribution in [0.25, 0.3) is 0 Å². The maximum Gasteiger partial charge on any atom is 0.146 e. The van der Waals surface area contributed by atoms with E-state index in [0.29, 0.717) is 16.5 Å². The second-order valence-corrected chi connectivity index (χ2v) is 5.19. The summed E-state index contributed by atoms with van der Waals surface area (Å²) in [5, 5.41) is 3.66. The predicted molar refractivity (Wildman–Crippen MR) is 80.4 cm³/mol. The van der Waals surface area contributed by atoms with Gasteiger partial charge in [-0.1, -0.05) is 29.3 Å². The number of nitrogens with one attached hydrogen (secondary N) is 1. The molecule has 0 aliphatic heterocycles. The van der Waals surface area contributed by atoms with Crippen molar-refractivity contribution >= 4 is 23.2 Å². The van der Waals surface area contributed by atoms with E-state index in [1.165, 1.54) is 12.1 Å². The van der Waals surface area contributed by atoms with Crippen molar-refractivity contribution in [3.63, 3.8) is 0 Å². The maximum absolute atomic E-state index is 13.3. The van der Waals surface area contributed by atoms with E-state index in [0.717, 1.165) is 5.56 Å². The zero-order valence-electron chi connectivity index (χ0n) is 11.1. The van der Waals surface area contributed by atoms with Crippen LogP contribution in [0, 0.1) is 5.82 Å². The fraction of sp³-hybridized carbons (Fsp3) is 0.200. The van der Waals surface area contributed by atoms with Gasteiger partial charge in [0, 0.05) is 12.1 Å². The SMILES string of the molecule is CNC(C)c1ccc(Oc2ccc(Cl)c(F)c2)c(Cl)c1. The van der Waals surface area contributed by atoms with Gasteiger partial charge in [0.05, 0.1) is 10.0 Å². The summed E-state index contributed by atoms with van der Waals surface area (Å²) in [6.07, 6.45) is 0. The summed E-state index contributed by atoms with van der Waals surface area (Å²) < 4.78 is 18.9. The van der Waals surface area contributed by atoms with E-state index in [2.05, 4.69) is 5.32 Å². The van der Waals surface area contributed by atoms with Crippen molar-refractivity contribution in [3.8, 4) is 11.5 Å². The highest BCUT2D eigenvalue weighted by molar-refractivity contribution is 6.32. The number of ether oxygens (including phenoxy) is 1. The molecule has 1 N–H and O–H groups in total. The molecule has 0 bridgehead atoms. The Morgan fingerprint density at radius 1 is 1.10 bits per heavy atom. The molecular weight excluding hydrogens is 300 g/mol. The molecule has 0 radical (unpaired) electrons. The van der Waals surface area contributed by atoms with E-state index in [1.54, 1.807) is 12.1 Å². The molecule has 0 aliphatic rings. The Kier molecular flexibility index (Phi) is 4.86. The minimum absolute atomic E-state index is 0.0571. The summed E-state index contributed by atoms with van der Waals surface area (Å²) >= 11 is 11.8. The van der Waals surface area contributed by atoms with Gasteiger partial charge in [-0.15, -0.1) is 0 Å². The normalized spacial score (nSPS) is 12.2. The van der Waals surface area contributed by atoms with Gasteiger partial charge < -0.3 is 10.1 Å². The Morgan fingerprint density at radius 2 is 1.85 bits per heavy atom. The van der Waals surface area contributed by atoms with Gasteiger partial charge >= 0.3 is 0 Å². The number of hydrogen-bond acceptors (Lipinski definition) is 2. The molecule has 1 atom stereocenters. The molecule has 0 fully saturated rings. The summed E-state index contributed by atoms with van der Waals surface area (Å²) in [5.74, 6) is 0.296. The lowest BCUT2D eigenvalue weighted by Crippen LogP contribution is -2.12. The van der Waals surface area contributed by atoms with Crippen LogP contribution >= 0.6 is 23.2 Å². The third kappa shape index (κ3) is 3.42. The average Bonchev–Trinajstić information content (AvgIpc) is 2.44. The lowest BCUT2D eigenvalue weighted by Gasteiger charge is -2.13. The molecule has 0 saturated heterocycles. The molecular formula is C15H14Cl2FNO. The lowest BCUT2D eigenvalue weighted by molar-refractivity contribution is 0.476. The van der Waals surface area contributed by atoms with Crippen LogP contribution in [-0.2, 0) is 0 Å². The Bertz CT molecular complexity index is 619. The Balaban J connectivity index is 2.23. The van der Waals surface area contributed by atoms with Crippen LogP contribution in [0.2, 0.25) is 10.0 Å². The van der Waals surface area contributed by atoms with E-state index < -0.39 is 5.82 Å². The van der Waals surface area contributed by atoms with Gasteiger partial charge in [-0.05, 0) is 43.8 Å². The molecule has 0 spiro atoms. The van der Waals surface area contributed by atoms with Gasteiger partial charge in [0.1, 0.15) is 17.3 Å². The Hall–Kier alpha value is -1.29. The van der Waals surface area contributed by atoms with Crippen LogP contribution in [0.3, 0.4) is 0 Å². The van der Waals surface area contributed by atoms with E-state index >= 15 is 0 Å². The average molecular weight is 314 g/mol. The quantitative estimate of drug-likeness (QED) is 0.837.